The van der Waals surface area contributed by atoms with Gasteiger partial charge in [0.2, 0.25) is 0 Å². The first-order chi connectivity index (χ1) is 8.25. The van der Waals surface area contributed by atoms with E-state index in [1.54, 1.807) is 0 Å². The topological polar surface area (TPSA) is 12.0 Å². The minimum absolute atomic E-state index is 0.706. The summed E-state index contributed by atoms with van der Waals surface area (Å²) >= 11 is 6.13. The fourth-order valence-electron chi connectivity index (χ4n) is 2.49. The molecule has 0 aromatic heterocycles. The van der Waals surface area contributed by atoms with Gasteiger partial charge in [-0.15, -0.1) is 0 Å². The minimum atomic E-state index is 0.706. The molecule has 2 heteroatoms. The first-order valence-corrected chi connectivity index (χ1v) is 7.12. The maximum atomic E-state index is 6.13. The highest BCUT2D eigenvalue weighted by Gasteiger charge is 2.11. The van der Waals surface area contributed by atoms with Crippen LogP contribution in [-0.2, 0) is 6.54 Å². The zero-order chi connectivity index (χ0) is 12.1. The molecule has 2 rings (SSSR count). The fraction of sp³-hybridized carbons (Fsp3) is 0.600. The van der Waals surface area contributed by atoms with Gasteiger partial charge in [0, 0.05) is 17.6 Å². The number of benzene rings is 1. The Kier molecular flexibility index (Phi) is 4.87. The van der Waals surface area contributed by atoms with Gasteiger partial charge in [-0.1, -0.05) is 49.4 Å². The van der Waals surface area contributed by atoms with Crippen LogP contribution in [0.4, 0.5) is 0 Å². The average molecular weight is 252 g/mol. The molecule has 1 nitrogen and oxygen atoms in total. The molecule has 1 saturated carbocycles. The Labute approximate surface area is 110 Å². The van der Waals surface area contributed by atoms with Crippen LogP contribution in [0.15, 0.2) is 18.2 Å². The molecule has 0 atom stereocenters. The second kappa shape index (κ2) is 6.42. The van der Waals surface area contributed by atoms with E-state index >= 15 is 0 Å². The van der Waals surface area contributed by atoms with Crippen molar-refractivity contribution < 1.29 is 0 Å². The Balaban J connectivity index is 1.85. The lowest BCUT2D eigenvalue weighted by atomic mass is 10.1. The quantitative estimate of drug-likeness (QED) is 0.782. The van der Waals surface area contributed by atoms with Crippen LogP contribution in [0.5, 0.6) is 0 Å². The monoisotopic (exact) mass is 251 g/mol. The van der Waals surface area contributed by atoms with E-state index in [0.29, 0.717) is 6.04 Å². The van der Waals surface area contributed by atoms with Crippen molar-refractivity contribution in [2.45, 2.75) is 58.0 Å². The number of hydrogen-bond acceptors (Lipinski definition) is 1. The predicted octanol–water partition coefficient (Wildman–Crippen LogP) is 4.46. The van der Waals surface area contributed by atoms with Crippen LogP contribution >= 0.6 is 11.6 Å². The van der Waals surface area contributed by atoms with Gasteiger partial charge in [0.1, 0.15) is 0 Å². The summed E-state index contributed by atoms with van der Waals surface area (Å²) in [6.45, 7) is 3.00. The Hall–Kier alpha value is -0.530. The number of aryl methyl sites for hydroxylation is 1. The van der Waals surface area contributed by atoms with Gasteiger partial charge in [0.15, 0.2) is 0 Å². The highest BCUT2D eigenvalue weighted by Crippen LogP contribution is 2.19. The first kappa shape index (κ1) is 12.9. The molecule has 1 aromatic carbocycles. The van der Waals surface area contributed by atoms with Crippen molar-refractivity contribution in [1.82, 2.24) is 5.32 Å². The zero-order valence-electron chi connectivity index (χ0n) is 10.6. The predicted molar refractivity (Wildman–Crippen MR) is 74.5 cm³/mol. The van der Waals surface area contributed by atoms with Crippen LogP contribution in [0, 0.1) is 6.92 Å². The third kappa shape index (κ3) is 4.01. The molecule has 0 spiro atoms. The van der Waals surface area contributed by atoms with E-state index in [9.17, 15) is 0 Å². The summed E-state index contributed by atoms with van der Waals surface area (Å²) in [5.74, 6) is 0. The molecule has 0 unspecified atom stereocenters. The lowest BCUT2D eigenvalue weighted by Crippen LogP contribution is -2.27. The first-order valence-electron chi connectivity index (χ1n) is 6.74. The third-order valence-electron chi connectivity index (χ3n) is 3.69. The molecule has 0 amide bonds. The molecule has 1 aliphatic carbocycles. The van der Waals surface area contributed by atoms with E-state index in [-0.39, 0.29) is 0 Å². The zero-order valence-corrected chi connectivity index (χ0v) is 11.4. The number of halogens is 1. The molecule has 94 valence electrons. The van der Waals surface area contributed by atoms with E-state index in [1.165, 1.54) is 44.1 Å². The van der Waals surface area contributed by atoms with Crippen LogP contribution in [0.2, 0.25) is 5.02 Å². The van der Waals surface area contributed by atoms with E-state index in [1.807, 2.05) is 6.92 Å². The molecular weight excluding hydrogens is 230 g/mol. The highest BCUT2D eigenvalue weighted by molar-refractivity contribution is 6.31. The van der Waals surface area contributed by atoms with E-state index in [2.05, 4.69) is 23.5 Å². The maximum absolute atomic E-state index is 6.13. The van der Waals surface area contributed by atoms with E-state index in [0.717, 1.165) is 17.1 Å². The van der Waals surface area contributed by atoms with Crippen molar-refractivity contribution in [1.29, 1.82) is 0 Å². The number of nitrogens with one attached hydrogen (secondary N) is 1. The lowest BCUT2D eigenvalue weighted by Gasteiger charge is -2.16. The van der Waals surface area contributed by atoms with Gasteiger partial charge in [0.05, 0.1) is 0 Å². The average Bonchev–Trinajstić information content (AvgIpc) is 2.59. The Morgan fingerprint density at radius 1 is 1.18 bits per heavy atom. The molecule has 0 saturated heterocycles. The van der Waals surface area contributed by atoms with E-state index in [4.69, 9.17) is 11.6 Å². The van der Waals surface area contributed by atoms with E-state index < -0.39 is 0 Å². The van der Waals surface area contributed by atoms with Gasteiger partial charge in [-0.05, 0) is 37.0 Å². The van der Waals surface area contributed by atoms with Crippen molar-refractivity contribution in [2.24, 2.45) is 0 Å². The second-order valence-corrected chi connectivity index (χ2v) is 5.56. The molecule has 0 aliphatic heterocycles. The summed E-state index contributed by atoms with van der Waals surface area (Å²) in [5, 5.41) is 4.55. The second-order valence-electron chi connectivity index (χ2n) is 5.15. The molecular formula is C15H22ClN. The molecule has 1 aromatic rings. The van der Waals surface area contributed by atoms with Crippen molar-refractivity contribution in [3.63, 3.8) is 0 Å². The SMILES string of the molecule is Cc1ccc(CNC2CCCCCC2)cc1Cl. The van der Waals surface area contributed by atoms with Gasteiger partial charge in [0.25, 0.3) is 0 Å². The van der Waals surface area contributed by atoms with Crippen molar-refractivity contribution in [3.8, 4) is 0 Å². The standard InChI is InChI=1S/C15H22ClN/c1-12-8-9-13(10-15(12)16)11-17-14-6-4-2-3-5-7-14/h8-10,14,17H,2-7,11H2,1H3. The summed E-state index contributed by atoms with van der Waals surface area (Å²) in [6.07, 6.45) is 8.25. The normalized spacial score (nSPS) is 18.0. The fourth-order valence-corrected chi connectivity index (χ4v) is 2.70. The third-order valence-corrected chi connectivity index (χ3v) is 4.09. The number of rotatable bonds is 3. The maximum Gasteiger partial charge on any atom is 0.0438 e. The summed E-state index contributed by atoms with van der Waals surface area (Å²) < 4.78 is 0. The lowest BCUT2D eigenvalue weighted by molar-refractivity contribution is 0.459. The molecule has 0 heterocycles. The van der Waals surface area contributed by atoms with Crippen LogP contribution in [0.1, 0.15) is 49.7 Å². The Morgan fingerprint density at radius 3 is 2.53 bits per heavy atom. The minimum Gasteiger partial charge on any atom is -0.310 e. The van der Waals surface area contributed by atoms with Crippen LogP contribution < -0.4 is 5.32 Å². The summed E-state index contributed by atoms with van der Waals surface area (Å²) in [7, 11) is 0. The van der Waals surface area contributed by atoms with Crippen LogP contribution in [-0.4, -0.2) is 6.04 Å². The van der Waals surface area contributed by atoms with Crippen molar-refractivity contribution in [2.75, 3.05) is 0 Å². The van der Waals surface area contributed by atoms with Crippen molar-refractivity contribution in [3.05, 3.63) is 34.3 Å². The summed E-state index contributed by atoms with van der Waals surface area (Å²) in [4.78, 5) is 0. The molecule has 0 bridgehead atoms. The Bertz CT molecular complexity index is 354. The summed E-state index contributed by atoms with van der Waals surface area (Å²) in [6, 6.07) is 7.07. The number of hydrogen-bond donors (Lipinski definition) is 1. The highest BCUT2D eigenvalue weighted by atomic mass is 35.5. The molecule has 1 fully saturated rings. The summed E-state index contributed by atoms with van der Waals surface area (Å²) in [5.41, 5.74) is 2.45. The van der Waals surface area contributed by atoms with Gasteiger partial charge in [-0.3, -0.25) is 0 Å². The smallest absolute Gasteiger partial charge is 0.0438 e. The molecule has 1 aliphatic rings. The van der Waals surface area contributed by atoms with Crippen molar-refractivity contribution >= 4 is 11.6 Å². The van der Waals surface area contributed by atoms with Crippen LogP contribution in [0.25, 0.3) is 0 Å². The Morgan fingerprint density at radius 2 is 1.88 bits per heavy atom. The molecule has 17 heavy (non-hydrogen) atoms. The van der Waals surface area contributed by atoms with Gasteiger partial charge >= 0.3 is 0 Å². The molecule has 0 radical (unpaired) electrons. The molecule has 1 N–H and O–H groups in total. The van der Waals surface area contributed by atoms with Crippen LogP contribution in [0.3, 0.4) is 0 Å². The van der Waals surface area contributed by atoms with Gasteiger partial charge in [-0.2, -0.15) is 0 Å². The van der Waals surface area contributed by atoms with Gasteiger partial charge in [-0.25, -0.2) is 0 Å². The van der Waals surface area contributed by atoms with Gasteiger partial charge < -0.3 is 5.32 Å². The largest absolute Gasteiger partial charge is 0.310 e.